The first-order valence-electron chi connectivity index (χ1n) is 6.16. The minimum atomic E-state index is -0.476. The Balaban J connectivity index is 2.12. The third kappa shape index (κ3) is 3.95. The van der Waals surface area contributed by atoms with E-state index in [9.17, 15) is 9.18 Å². The molecule has 110 valence electrons. The second kappa shape index (κ2) is 6.58. The van der Waals surface area contributed by atoms with Crippen molar-refractivity contribution in [3.05, 3.63) is 57.8 Å². The predicted molar refractivity (Wildman–Crippen MR) is 82.7 cm³/mol. The highest BCUT2D eigenvalue weighted by Crippen LogP contribution is 2.21. The fourth-order valence-corrected chi connectivity index (χ4v) is 2.36. The molecule has 0 unspecified atom stereocenters. The van der Waals surface area contributed by atoms with Gasteiger partial charge in [-0.3, -0.25) is 4.79 Å². The molecule has 0 aliphatic carbocycles. The molecule has 0 heterocycles. The molecule has 4 nitrogen and oxygen atoms in total. The van der Waals surface area contributed by atoms with Crippen molar-refractivity contribution in [1.29, 1.82) is 0 Å². The van der Waals surface area contributed by atoms with Gasteiger partial charge >= 0.3 is 0 Å². The van der Waals surface area contributed by atoms with Gasteiger partial charge in [-0.05, 0) is 36.4 Å². The summed E-state index contributed by atoms with van der Waals surface area (Å²) in [6.07, 6.45) is 0. The number of halogens is 2. The number of rotatable bonds is 4. The monoisotopic (exact) mass is 352 g/mol. The van der Waals surface area contributed by atoms with E-state index >= 15 is 0 Å². The maximum absolute atomic E-state index is 13.3. The van der Waals surface area contributed by atoms with Crippen LogP contribution in [0.2, 0.25) is 0 Å². The van der Waals surface area contributed by atoms with E-state index in [1.54, 1.807) is 31.4 Å². The van der Waals surface area contributed by atoms with Crippen LogP contribution < -0.4 is 15.8 Å². The number of hydrogen-bond donors (Lipinski definition) is 2. The average molecular weight is 353 g/mol. The summed E-state index contributed by atoms with van der Waals surface area (Å²) in [5.74, 6) is -0.222. The highest BCUT2D eigenvalue weighted by Gasteiger charge is 2.10. The van der Waals surface area contributed by atoms with Crippen molar-refractivity contribution in [1.82, 2.24) is 5.32 Å². The average Bonchev–Trinajstić information content (AvgIpc) is 2.43. The molecule has 0 bridgehead atoms. The lowest BCUT2D eigenvalue weighted by Crippen LogP contribution is -2.23. The molecule has 0 radical (unpaired) electrons. The van der Waals surface area contributed by atoms with Crippen molar-refractivity contribution >= 4 is 27.5 Å². The molecule has 0 aliphatic heterocycles. The van der Waals surface area contributed by atoms with Crippen LogP contribution in [0.15, 0.2) is 40.9 Å². The number of carbonyl (C=O) groups is 1. The Bertz CT molecular complexity index is 656. The quantitative estimate of drug-likeness (QED) is 0.831. The summed E-state index contributed by atoms with van der Waals surface area (Å²) in [5.41, 5.74) is 7.28. The van der Waals surface area contributed by atoms with E-state index < -0.39 is 5.82 Å². The molecule has 6 heteroatoms. The number of nitrogen functional groups attached to an aromatic ring is 1. The van der Waals surface area contributed by atoms with Crippen LogP contribution in [0.3, 0.4) is 0 Å². The topological polar surface area (TPSA) is 64.3 Å². The molecule has 0 saturated carbocycles. The number of ether oxygens (including phenoxy) is 1. The summed E-state index contributed by atoms with van der Waals surface area (Å²) in [7, 11) is 1.54. The number of anilines is 1. The van der Waals surface area contributed by atoms with Crippen LogP contribution in [0.5, 0.6) is 5.75 Å². The van der Waals surface area contributed by atoms with Gasteiger partial charge in [0.05, 0.1) is 7.11 Å². The number of benzene rings is 2. The molecule has 21 heavy (non-hydrogen) atoms. The Kier molecular flexibility index (Phi) is 4.80. The first-order valence-corrected chi connectivity index (χ1v) is 6.95. The van der Waals surface area contributed by atoms with Crippen LogP contribution >= 0.6 is 15.9 Å². The van der Waals surface area contributed by atoms with Gasteiger partial charge in [0.2, 0.25) is 0 Å². The molecule has 0 aromatic heterocycles. The van der Waals surface area contributed by atoms with Gasteiger partial charge in [0, 0.05) is 27.8 Å². The van der Waals surface area contributed by atoms with Gasteiger partial charge in [-0.15, -0.1) is 0 Å². The summed E-state index contributed by atoms with van der Waals surface area (Å²) in [6.45, 7) is 0.237. The maximum atomic E-state index is 13.3. The highest BCUT2D eigenvalue weighted by molar-refractivity contribution is 9.10. The van der Waals surface area contributed by atoms with Crippen molar-refractivity contribution in [2.75, 3.05) is 12.8 Å². The highest BCUT2D eigenvalue weighted by atomic mass is 79.9. The van der Waals surface area contributed by atoms with Crippen LogP contribution in [0.4, 0.5) is 10.1 Å². The lowest BCUT2D eigenvalue weighted by atomic mass is 10.1. The van der Waals surface area contributed by atoms with E-state index in [0.717, 1.165) is 5.56 Å². The predicted octanol–water partition coefficient (Wildman–Crippen LogP) is 3.11. The normalized spacial score (nSPS) is 10.2. The Labute approximate surface area is 130 Å². The second-order valence-electron chi connectivity index (χ2n) is 4.41. The molecule has 0 spiro atoms. The Morgan fingerprint density at radius 1 is 1.33 bits per heavy atom. The summed E-state index contributed by atoms with van der Waals surface area (Å²) >= 11 is 3.15. The molecule has 0 aliphatic rings. The molecule has 0 atom stereocenters. The minimum Gasteiger partial charge on any atom is -0.496 e. The van der Waals surface area contributed by atoms with Crippen molar-refractivity contribution in [2.24, 2.45) is 0 Å². The SMILES string of the molecule is COc1ccc(N)cc1CNC(=O)c1cc(F)cc(Br)c1. The maximum Gasteiger partial charge on any atom is 0.251 e. The first-order chi connectivity index (χ1) is 9.99. The van der Waals surface area contributed by atoms with Gasteiger partial charge in [-0.25, -0.2) is 4.39 Å². The number of methoxy groups -OCH3 is 1. The lowest BCUT2D eigenvalue weighted by molar-refractivity contribution is 0.0950. The molecule has 3 N–H and O–H groups in total. The third-order valence-corrected chi connectivity index (χ3v) is 3.33. The summed E-state index contributed by atoms with van der Waals surface area (Å²) in [6, 6.07) is 9.19. The van der Waals surface area contributed by atoms with E-state index in [-0.39, 0.29) is 18.0 Å². The van der Waals surface area contributed by atoms with Crippen LogP contribution in [0, 0.1) is 5.82 Å². The second-order valence-corrected chi connectivity index (χ2v) is 5.33. The molecule has 0 fully saturated rings. The van der Waals surface area contributed by atoms with Gasteiger partial charge in [0.25, 0.3) is 5.91 Å². The Morgan fingerprint density at radius 3 is 2.76 bits per heavy atom. The van der Waals surface area contributed by atoms with Crippen molar-refractivity contribution < 1.29 is 13.9 Å². The van der Waals surface area contributed by atoms with Crippen molar-refractivity contribution in [3.8, 4) is 5.75 Å². The standard InChI is InChI=1S/C15H14BrFN2O2/c1-21-14-3-2-13(18)6-10(14)8-19-15(20)9-4-11(16)7-12(17)5-9/h2-7H,8,18H2,1H3,(H,19,20). The summed E-state index contributed by atoms with van der Waals surface area (Å²) in [4.78, 5) is 12.0. The number of hydrogen-bond acceptors (Lipinski definition) is 3. The van der Waals surface area contributed by atoms with E-state index in [1.807, 2.05) is 0 Å². The zero-order valence-corrected chi connectivity index (χ0v) is 12.9. The van der Waals surface area contributed by atoms with E-state index in [4.69, 9.17) is 10.5 Å². The number of carbonyl (C=O) groups excluding carboxylic acids is 1. The smallest absolute Gasteiger partial charge is 0.251 e. The van der Waals surface area contributed by atoms with Gasteiger partial charge in [0.15, 0.2) is 0 Å². The first kappa shape index (κ1) is 15.3. The molecule has 2 aromatic carbocycles. The fraction of sp³-hybridized carbons (Fsp3) is 0.133. The molecule has 2 rings (SSSR count). The van der Waals surface area contributed by atoms with E-state index in [1.165, 1.54) is 12.1 Å². The van der Waals surface area contributed by atoms with Crippen LogP contribution in [0.25, 0.3) is 0 Å². The Hall–Kier alpha value is -2.08. The largest absolute Gasteiger partial charge is 0.496 e. The number of nitrogens with one attached hydrogen (secondary N) is 1. The minimum absolute atomic E-state index is 0.237. The van der Waals surface area contributed by atoms with E-state index in [0.29, 0.717) is 15.9 Å². The van der Waals surface area contributed by atoms with E-state index in [2.05, 4.69) is 21.2 Å². The van der Waals surface area contributed by atoms with Gasteiger partial charge in [-0.1, -0.05) is 15.9 Å². The van der Waals surface area contributed by atoms with Gasteiger partial charge < -0.3 is 15.8 Å². The molecular weight excluding hydrogens is 339 g/mol. The summed E-state index contributed by atoms with van der Waals surface area (Å²) in [5, 5.41) is 2.71. The molecular formula is C15H14BrFN2O2. The van der Waals surface area contributed by atoms with Crippen LogP contribution in [-0.2, 0) is 6.54 Å². The zero-order chi connectivity index (χ0) is 15.4. The number of amides is 1. The van der Waals surface area contributed by atoms with Crippen molar-refractivity contribution in [2.45, 2.75) is 6.54 Å². The molecule has 2 aromatic rings. The molecule has 0 saturated heterocycles. The third-order valence-electron chi connectivity index (χ3n) is 2.87. The zero-order valence-electron chi connectivity index (χ0n) is 11.3. The Morgan fingerprint density at radius 2 is 2.10 bits per heavy atom. The lowest BCUT2D eigenvalue weighted by Gasteiger charge is -2.11. The summed E-state index contributed by atoms with van der Waals surface area (Å²) < 4.78 is 19.0. The van der Waals surface area contributed by atoms with Crippen LogP contribution in [0.1, 0.15) is 15.9 Å². The fourth-order valence-electron chi connectivity index (χ4n) is 1.90. The van der Waals surface area contributed by atoms with Crippen LogP contribution in [-0.4, -0.2) is 13.0 Å². The van der Waals surface area contributed by atoms with Crippen molar-refractivity contribution in [3.63, 3.8) is 0 Å². The van der Waals surface area contributed by atoms with Gasteiger partial charge in [-0.2, -0.15) is 0 Å². The number of nitrogens with two attached hydrogens (primary N) is 1. The van der Waals surface area contributed by atoms with Gasteiger partial charge in [0.1, 0.15) is 11.6 Å². The molecule has 1 amide bonds.